The topological polar surface area (TPSA) is 68.0 Å². The van der Waals surface area contributed by atoms with Gasteiger partial charge in [0.1, 0.15) is 11.6 Å². The summed E-state index contributed by atoms with van der Waals surface area (Å²) in [4.78, 5) is 15.8. The van der Waals surface area contributed by atoms with Gasteiger partial charge in [-0.2, -0.15) is 0 Å². The average Bonchev–Trinajstić information content (AvgIpc) is 2.38. The standard InChI is InChI=1S/C14H20FN3O/c1-8-4-3-5-12(9(8)2)18-14(19)11-6-10(15)7-17-13(11)16/h6-9,12H,3-5H2,1-2H3,(H2,16,17)(H,18,19). The summed E-state index contributed by atoms with van der Waals surface area (Å²) in [6.45, 7) is 4.34. The predicted octanol–water partition coefficient (Wildman–Crippen LogP) is 2.36. The summed E-state index contributed by atoms with van der Waals surface area (Å²) in [5, 5.41) is 2.96. The van der Waals surface area contributed by atoms with Crippen LogP contribution < -0.4 is 11.1 Å². The van der Waals surface area contributed by atoms with Gasteiger partial charge >= 0.3 is 0 Å². The van der Waals surface area contributed by atoms with Crippen molar-refractivity contribution in [3.05, 3.63) is 23.6 Å². The predicted molar refractivity (Wildman–Crippen MR) is 72.0 cm³/mol. The fourth-order valence-corrected chi connectivity index (χ4v) is 2.66. The maximum Gasteiger partial charge on any atom is 0.255 e. The maximum absolute atomic E-state index is 13.1. The third-order valence-electron chi connectivity index (χ3n) is 4.15. The van der Waals surface area contributed by atoms with Crippen molar-refractivity contribution < 1.29 is 9.18 Å². The number of nitrogens with one attached hydrogen (secondary N) is 1. The minimum Gasteiger partial charge on any atom is -0.383 e. The van der Waals surface area contributed by atoms with Gasteiger partial charge in [-0.1, -0.05) is 26.7 Å². The highest BCUT2D eigenvalue weighted by Crippen LogP contribution is 2.29. The molecule has 1 aromatic rings. The largest absolute Gasteiger partial charge is 0.383 e. The first-order valence-corrected chi connectivity index (χ1v) is 6.71. The Morgan fingerprint density at radius 2 is 2.21 bits per heavy atom. The summed E-state index contributed by atoms with van der Waals surface area (Å²) in [5.74, 6) is 0.178. The highest BCUT2D eigenvalue weighted by molar-refractivity contribution is 5.98. The van der Waals surface area contributed by atoms with Crippen molar-refractivity contribution in [2.75, 3.05) is 5.73 Å². The van der Waals surface area contributed by atoms with Crippen molar-refractivity contribution in [2.45, 2.75) is 39.2 Å². The number of pyridine rings is 1. The number of anilines is 1. The smallest absolute Gasteiger partial charge is 0.255 e. The molecule has 1 heterocycles. The minimum absolute atomic E-state index is 0.0652. The number of carbonyl (C=O) groups is 1. The fourth-order valence-electron chi connectivity index (χ4n) is 2.66. The second-order valence-electron chi connectivity index (χ2n) is 5.43. The van der Waals surface area contributed by atoms with Gasteiger partial charge in [0.25, 0.3) is 5.91 Å². The molecule has 3 atom stereocenters. The zero-order chi connectivity index (χ0) is 14.0. The molecular formula is C14H20FN3O. The highest BCUT2D eigenvalue weighted by Gasteiger charge is 2.28. The first kappa shape index (κ1) is 13.8. The Hall–Kier alpha value is -1.65. The van der Waals surface area contributed by atoms with Gasteiger partial charge < -0.3 is 11.1 Å². The van der Waals surface area contributed by atoms with Gasteiger partial charge in [0.05, 0.1) is 11.8 Å². The molecule has 1 aromatic heterocycles. The molecule has 3 unspecified atom stereocenters. The van der Waals surface area contributed by atoms with Crippen LogP contribution in [0.2, 0.25) is 0 Å². The summed E-state index contributed by atoms with van der Waals surface area (Å²) in [6, 6.07) is 1.26. The van der Waals surface area contributed by atoms with Crippen molar-refractivity contribution in [1.82, 2.24) is 10.3 Å². The lowest BCUT2D eigenvalue weighted by Gasteiger charge is -2.34. The molecule has 0 radical (unpaired) electrons. The zero-order valence-corrected chi connectivity index (χ0v) is 11.3. The number of amides is 1. The number of hydrogen-bond donors (Lipinski definition) is 2. The lowest BCUT2D eigenvalue weighted by molar-refractivity contribution is 0.0891. The molecule has 0 aliphatic heterocycles. The Labute approximate surface area is 112 Å². The van der Waals surface area contributed by atoms with E-state index in [0.29, 0.717) is 11.8 Å². The number of rotatable bonds is 2. The maximum atomic E-state index is 13.1. The van der Waals surface area contributed by atoms with Gasteiger partial charge in [-0.25, -0.2) is 9.37 Å². The Morgan fingerprint density at radius 3 is 2.95 bits per heavy atom. The van der Waals surface area contributed by atoms with E-state index in [0.717, 1.165) is 25.1 Å². The van der Waals surface area contributed by atoms with E-state index in [1.807, 2.05) is 0 Å². The van der Waals surface area contributed by atoms with Crippen molar-refractivity contribution >= 4 is 11.7 Å². The number of carbonyl (C=O) groups excluding carboxylic acids is 1. The molecule has 0 saturated heterocycles. The average molecular weight is 265 g/mol. The Kier molecular flexibility index (Phi) is 4.02. The highest BCUT2D eigenvalue weighted by atomic mass is 19.1. The van der Waals surface area contributed by atoms with Crippen LogP contribution in [0.5, 0.6) is 0 Å². The molecule has 0 bridgehead atoms. The fraction of sp³-hybridized carbons (Fsp3) is 0.571. The molecule has 0 aromatic carbocycles. The van der Waals surface area contributed by atoms with Crippen LogP contribution in [0.1, 0.15) is 43.5 Å². The molecule has 1 saturated carbocycles. The normalized spacial score (nSPS) is 27.0. The summed E-state index contributed by atoms with van der Waals surface area (Å²) in [6.07, 6.45) is 4.27. The number of aromatic nitrogens is 1. The lowest BCUT2D eigenvalue weighted by atomic mass is 9.78. The second-order valence-corrected chi connectivity index (χ2v) is 5.43. The monoisotopic (exact) mass is 265 g/mol. The molecule has 4 nitrogen and oxygen atoms in total. The molecule has 1 aliphatic rings. The van der Waals surface area contributed by atoms with Gasteiger partial charge in [-0.05, 0) is 24.3 Å². The van der Waals surface area contributed by atoms with Crippen molar-refractivity contribution in [2.24, 2.45) is 11.8 Å². The van der Waals surface area contributed by atoms with Crippen LogP contribution in [0.25, 0.3) is 0 Å². The molecule has 19 heavy (non-hydrogen) atoms. The Morgan fingerprint density at radius 1 is 1.47 bits per heavy atom. The van der Waals surface area contributed by atoms with E-state index in [-0.39, 0.29) is 23.3 Å². The van der Waals surface area contributed by atoms with E-state index < -0.39 is 5.82 Å². The number of nitrogen functional groups attached to an aromatic ring is 1. The van der Waals surface area contributed by atoms with E-state index in [1.165, 1.54) is 6.42 Å². The molecule has 1 fully saturated rings. The minimum atomic E-state index is -0.551. The first-order chi connectivity index (χ1) is 8.99. The number of hydrogen-bond acceptors (Lipinski definition) is 3. The zero-order valence-electron chi connectivity index (χ0n) is 11.3. The van der Waals surface area contributed by atoms with E-state index in [4.69, 9.17) is 5.73 Å². The van der Waals surface area contributed by atoms with Crippen molar-refractivity contribution in [3.8, 4) is 0 Å². The third kappa shape index (κ3) is 3.03. The van der Waals surface area contributed by atoms with Crippen LogP contribution in [0.3, 0.4) is 0 Å². The van der Waals surface area contributed by atoms with Gasteiger partial charge in [0.2, 0.25) is 0 Å². The van der Waals surface area contributed by atoms with Crippen LogP contribution in [0.15, 0.2) is 12.3 Å². The first-order valence-electron chi connectivity index (χ1n) is 6.71. The van der Waals surface area contributed by atoms with Crippen LogP contribution in [-0.2, 0) is 0 Å². The van der Waals surface area contributed by atoms with Gasteiger partial charge in [-0.15, -0.1) is 0 Å². The van der Waals surface area contributed by atoms with E-state index in [1.54, 1.807) is 0 Å². The summed E-state index contributed by atoms with van der Waals surface area (Å²) in [5.41, 5.74) is 5.73. The summed E-state index contributed by atoms with van der Waals surface area (Å²) >= 11 is 0. The molecule has 1 aliphatic carbocycles. The van der Waals surface area contributed by atoms with Crippen molar-refractivity contribution in [3.63, 3.8) is 0 Å². The summed E-state index contributed by atoms with van der Waals surface area (Å²) in [7, 11) is 0. The Balaban J connectivity index is 2.10. The van der Waals surface area contributed by atoms with Crippen LogP contribution >= 0.6 is 0 Å². The molecule has 1 amide bonds. The summed E-state index contributed by atoms with van der Waals surface area (Å²) < 4.78 is 13.1. The van der Waals surface area contributed by atoms with E-state index >= 15 is 0 Å². The number of nitrogens with zero attached hydrogens (tertiary/aromatic N) is 1. The van der Waals surface area contributed by atoms with Crippen LogP contribution in [0, 0.1) is 17.7 Å². The van der Waals surface area contributed by atoms with Gasteiger partial charge in [-0.3, -0.25) is 4.79 Å². The molecule has 5 heteroatoms. The Bertz CT molecular complexity index is 478. The molecule has 0 spiro atoms. The van der Waals surface area contributed by atoms with E-state index in [2.05, 4.69) is 24.1 Å². The third-order valence-corrected chi connectivity index (χ3v) is 4.15. The lowest BCUT2D eigenvalue weighted by Crippen LogP contribution is -2.43. The van der Waals surface area contributed by atoms with Gasteiger partial charge in [0, 0.05) is 6.04 Å². The van der Waals surface area contributed by atoms with Crippen LogP contribution in [0.4, 0.5) is 10.2 Å². The van der Waals surface area contributed by atoms with E-state index in [9.17, 15) is 9.18 Å². The molecule has 104 valence electrons. The van der Waals surface area contributed by atoms with Crippen molar-refractivity contribution in [1.29, 1.82) is 0 Å². The molecule has 2 rings (SSSR count). The number of nitrogens with two attached hydrogens (primary N) is 1. The molecular weight excluding hydrogens is 245 g/mol. The SMILES string of the molecule is CC1CCCC(NC(=O)c2cc(F)cnc2N)C1C. The molecule has 3 N–H and O–H groups in total. The second kappa shape index (κ2) is 5.55. The number of halogens is 1. The van der Waals surface area contributed by atoms with Crippen LogP contribution in [-0.4, -0.2) is 16.9 Å². The van der Waals surface area contributed by atoms with Gasteiger partial charge in [0.15, 0.2) is 0 Å². The quantitative estimate of drug-likeness (QED) is 0.862.